The van der Waals surface area contributed by atoms with Crippen LogP contribution in [0.4, 0.5) is 0 Å². The number of likely N-dealkylation sites (tertiary alicyclic amines) is 1. The normalized spacial score (nSPS) is 16.3. The van der Waals surface area contributed by atoms with Crippen LogP contribution in [0.3, 0.4) is 0 Å². The predicted molar refractivity (Wildman–Crippen MR) is 147 cm³/mol. The van der Waals surface area contributed by atoms with Crippen LogP contribution in [0, 0.1) is 0 Å². The minimum absolute atomic E-state index is 0. The summed E-state index contributed by atoms with van der Waals surface area (Å²) >= 11 is 0. The van der Waals surface area contributed by atoms with Crippen LogP contribution in [0.1, 0.15) is 28.9 Å². The van der Waals surface area contributed by atoms with Crippen LogP contribution in [0.5, 0.6) is 0 Å². The summed E-state index contributed by atoms with van der Waals surface area (Å²) in [5.74, 6) is 1.77. The summed E-state index contributed by atoms with van der Waals surface area (Å²) in [4.78, 5) is 7.20. The van der Waals surface area contributed by atoms with Gasteiger partial charge in [-0.1, -0.05) is 54.6 Å². The molecular weight excluding hydrogens is 539 g/mol. The second kappa shape index (κ2) is 14.1. The van der Waals surface area contributed by atoms with E-state index >= 15 is 0 Å². The number of halogens is 1. The lowest BCUT2D eigenvalue weighted by Gasteiger charge is -2.17. The number of rotatable bonds is 10. The molecule has 1 aromatic heterocycles. The van der Waals surface area contributed by atoms with Gasteiger partial charge < -0.3 is 20.2 Å². The fourth-order valence-electron chi connectivity index (χ4n) is 4.13. The molecule has 2 heterocycles. The molecule has 0 bridgehead atoms. The molecule has 1 atom stereocenters. The van der Waals surface area contributed by atoms with Crippen LogP contribution < -0.4 is 10.6 Å². The van der Waals surface area contributed by atoms with Crippen molar-refractivity contribution in [3.8, 4) is 0 Å². The third kappa shape index (κ3) is 8.45. The maximum absolute atomic E-state index is 9.85. The summed E-state index contributed by atoms with van der Waals surface area (Å²) in [6.07, 6.45) is 4.11. The molecule has 6 nitrogen and oxygen atoms in total. The molecule has 1 aliphatic heterocycles. The Kier molecular flexibility index (Phi) is 10.9. The second-order valence-corrected chi connectivity index (χ2v) is 8.53. The topological polar surface area (TPSA) is 73.0 Å². The Balaban J connectivity index is 0.00000324. The summed E-state index contributed by atoms with van der Waals surface area (Å²) in [5, 5.41) is 16.8. The molecule has 0 radical (unpaired) electrons. The van der Waals surface area contributed by atoms with Gasteiger partial charge in [-0.05, 0) is 41.7 Å². The third-order valence-electron chi connectivity index (χ3n) is 5.96. The number of nitrogens with one attached hydrogen (secondary N) is 2. The molecule has 1 fully saturated rings. The highest BCUT2D eigenvalue weighted by Crippen LogP contribution is 2.17. The lowest BCUT2D eigenvalue weighted by atomic mass is 10.1. The van der Waals surface area contributed by atoms with E-state index in [-0.39, 0.29) is 30.1 Å². The van der Waals surface area contributed by atoms with E-state index in [4.69, 9.17) is 9.41 Å². The van der Waals surface area contributed by atoms with Gasteiger partial charge in [0.25, 0.3) is 0 Å². The molecular formula is C27H35IN4O2. The zero-order chi connectivity index (χ0) is 22.7. The average Bonchev–Trinajstić information content (AvgIpc) is 3.50. The highest BCUT2D eigenvalue weighted by atomic mass is 127. The first-order valence-electron chi connectivity index (χ1n) is 11.8. The summed E-state index contributed by atoms with van der Waals surface area (Å²) in [5.41, 5.74) is 3.79. The fourth-order valence-corrected chi connectivity index (χ4v) is 4.13. The van der Waals surface area contributed by atoms with Gasteiger partial charge in [-0.15, -0.1) is 24.0 Å². The number of hydrogen-bond acceptors (Lipinski definition) is 4. The van der Waals surface area contributed by atoms with Crippen LogP contribution in [-0.4, -0.2) is 48.2 Å². The maximum Gasteiger partial charge on any atom is 0.191 e. The van der Waals surface area contributed by atoms with Gasteiger partial charge in [0.2, 0.25) is 0 Å². The molecule has 4 rings (SSSR count). The Morgan fingerprint density at radius 3 is 2.38 bits per heavy atom. The van der Waals surface area contributed by atoms with Crippen molar-refractivity contribution in [3.05, 3.63) is 95.4 Å². The molecule has 0 amide bonds. The number of aliphatic hydroxyl groups excluding tert-OH is 1. The monoisotopic (exact) mass is 574 g/mol. The number of aliphatic hydroxyl groups is 1. The number of β-amino-alcohol motifs (C(OH)–C–C–N with tert-alkyl or cyclic N) is 1. The molecule has 0 aliphatic carbocycles. The molecule has 7 heteroatoms. The lowest BCUT2D eigenvalue weighted by Crippen LogP contribution is -2.39. The molecule has 0 spiro atoms. The predicted octanol–water partition coefficient (Wildman–Crippen LogP) is 3.98. The van der Waals surface area contributed by atoms with Gasteiger partial charge >= 0.3 is 0 Å². The average molecular weight is 575 g/mol. The van der Waals surface area contributed by atoms with Crippen molar-refractivity contribution in [1.82, 2.24) is 15.5 Å². The molecule has 3 N–H and O–H groups in total. The minimum atomic E-state index is -0.200. The Bertz CT molecular complexity index is 995. The van der Waals surface area contributed by atoms with Crippen molar-refractivity contribution >= 4 is 29.9 Å². The number of furan rings is 1. The number of benzene rings is 2. The second-order valence-electron chi connectivity index (χ2n) is 8.53. The minimum Gasteiger partial charge on any atom is -0.469 e. The lowest BCUT2D eigenvalue weighted by molar-refractivity contribution is 0.174. The van der Waals surface area contributed by atoms with Crippen molar-refractivity contribution in [2.45, 2.75) is 38.5 Å². The smallest absolute Gasteiger partial charge is 0.191 e. The van der Waals surface area contributed by atoms with Gasteiger partial charge in [-0.3, -0.25) is 4.90 Å². The Morgan fingerprint density at radius 1 is 0.941 bits per heavy atom. The van der Waals surface area contributed by atoms with Crippen LogP contribution in [0.25, 0.3) is 0 Å². The number of guanidine groups is 1. The summed E-state index contributed by atoms with van der Waals surface area (Å²) in [6.45, 7) is 4.71. The molecule has 1 aliphatic rings. The fraction of sp³-hybridized carbons (Fsp3) is 0.370. The van der Waals surface area contributed by atoms with Gasteiger partial charge in [0.15, 0.2) is 5.96 Å². The molecule has 0 saturated carbocycles. The van der Waals surface area contributed by atoms with Gasteiger partial charge in [0, 0.05) is 39.1 Å². The summed E-state index contributed by atoms with van der Waals surface area (Å²) < 4.78 is 5.45. The summed E-state index contributed by atoms with van der Waals surface area (Å²) in [7, 11) is 0. The van der Waals surface area contributed by atoms with Crippen LogP contribution in [-0.2, 0) is 25.9 Å². The van der Waals surface area contributed by atoms with Crippen LogP contribution >= 0.6 is 24.0 Å². The zero-order valence-corrected chi connectivity index (χ0v) is 21.9. The quantitative estimate of drug-likeness (QED) is 0.194. The van der Waals surface area contributed by atoms with Gasteiger partial charge in [-0.25, -0.2) is 4.99 Å². The highest BCUT2D eigenvalue weighted by Gasteiger charge is 2.20. The van der Waals surface area contributed by atoms with E-state index < -0.39 is 0 Å². The maximum atomic E-state index is 9.85. The number of aliphatic imine (C=N–C) groups is 1. The van der Waals surface area contributed by atoms with Crippen LogP contribution in [0.2, 0.25) is 0 Å². The van der Waals surface area contributed by atoms with Gasteiger partial charge in [-0.2, -0.15) is 0 Å². The first-order valence-corrected chi connectivity index (χ1v) is 11.8. The Hall–Kier alpha value is -2.36. The van der Waals surface area contributed by atoms with Crippen molar-refractivity contribution < 1.29 is 9.52 Å². The van der Waals surface area contributed by atoms with Crippen molar-refractivity contribution in [2.24, 2.45) is 4.99 Å². The van der Waals surface area contributed by atoms with Gasteiger partial charge in [0.05, 0.1) is 18.9 Å². The summed E-state index contributed by atoms with van der Waals surface area (Å²) in [6, 6.07) is 22.9. The molecule has 2 aromatic carbocycles. The standard InChI is InChI=1S/C27H34N4O2.HI/c32-25-14-17-31(21-25)20-24-10-5-4-9-23(24)19-30-27(29-16-13-26-11-6-18-33-26)28-15-12-22-7-2-1-3-8-22;/h1-11,18,25,32H,12-17,19-21H2,(H2,28,29,30);1H. The van der Waals surface area contributed by atoms with E-state index in [1.807, 2.05) is 18.2 Å². The molecule has 182 valence electrons. The highest BCUT2D eigenvalue weighted by molar-refractivity contribution is 14.0. The Labute approximate surface area is 219 Å². The first kappa shape index (κ1) is 26.2. The van der Waals surface area contributed by atoms with E-state index in [0.29, 0.717) is 6.54 Å². The molecule has 1 unspecified atom stereocenters. The Morgan fingerprint density at radius 2 is 1.68 bits per heavy atom. The van der Waals surface area contributed by atoms with Crippen LogP contribution in [0.15, 0.2) is 82.4 Å². The SMILES string of the molecule is I.OC1CCN(Cc2ccccc2CN=C(NCCc2ccccc2)NCCc2ccco2)C1. The van der Waals surface area contributed by atoms with E-state index in [2.05, 4.69) is 64.1 Å². The first-order chi connectivity index (χ1) is 16.3. The van der Waals surface area contributed by atoms with Crippen molar-refractivity contribution in [2.75, 3.05) is 26.2 Å². The third-order valence-corrected chi connectivity index (χ3v) is 5.96. The molecule has 34 heavy (non-hydrogen) atoms. The van der Waals surface area contributed by atoms with E-state index in [1.54, 1.807) is 6.26 Å². The molecule has 3 aromatic rings. The molecule has 1 saturated heterocycles. The van der Waals surface area contributed by atoms with E-state index in [9.17, 15) is 5.11 Å². The van der Waals surface area contributed by atoms with Crippen molar-refractivity contribution in [3.63, 3.8) is 0 Å². The largest absolute Gasteiger partial charge is 0.469 e. The van der Waals surface area contributed by atoms with Crippen molar-refractivity contribution in [1.29, 1.82) is 0 Å². The number of nitrogens with zero attached hydrogens (tertiary/aromatic N) is 2. The van der Waals surface area contributed by atoms with E-state index in [0.717, 1.165) is 63.7 Å². The van der Waals surface area contributed by atoms with E-state index in [1.165, 1.54) is 16.7 Å². The zero-order valence-electron chi connectivity index (χ0n) is 19.5. The van der Waals surface area contributed by atoms with Gasteiger partial charge in [0.1, 0.15) is 5.76 Å². The number of hydrogen-bond donors (Lipinski definition) is 3.